The summed E-state index contributed by atoms with van der Waals surface area (Å²) in [5, 5.41) is 21.1. The molecular weight excluding hydrogens is 1560 g/mol. The van der Waals surface area contributed by atoms with E-state index in [0.717, 1.165) is 21.9 Å². The molecule has 632 valence electrons. The Morgan fingerprint density at radius 1 is 0.569 bits per heavy atom. The number of hydrogen-bond donors (Lipinski definition) is 7. The minimum Gasteiger partial charge on any atom is -0.378 e. The summed E-state index contributed by atoms with van der Waals surface area (Å²) in [6.45, 7) is 7.44. The summed E-state index contributed by atoms with van der Waals surface area (Å²) < 4.78 is 113. The first-order chi connectivity index (χ1) is 53.9. The molecule has 38 heteroatoms. The minimum absolute atomic E-state index is 0. The van der Waals surface area contributed by atoms with Gasteiger partial charge in [0.15, 0.2) is 0 Å². The normalized spacial score (nSPS) is 16.6. The van der Waals surface area contributed by atoms with E-state index in [2.05, 4.69) is 49.9 Å². The van der Waals surface area contributed by atoms with Gasteiger partial charge in [0.1, 0.15) is 42.6 Å². The Kier molecular flexibility index (Phi) is 41.9. The first-order valence-electron chi connectivity index (χ1n) is 35.3. The van der Waals surface area contributed by atoms with Crippen molar-refractivity contribution in [1.29, 1.82) is 0 Å². The second-order valence-electron chi connectivity index (χ2n) is 24.6. The molecule has 8 N–H and O–H groups in total. The third-order valence-electron chi connectivity index (χ3n) is 16.8. The number of aromatic nitrogens is 1. The fourth-order valence-electron chi connectivity index (χ4n) is 11.5. The van der Waals surface area contributed by atoms with E-state index in [-0.39, 0.29) is 153 Å². The van der Waals surface area contributed by atoms with Crippen molar-refractivity contribution in [2.75, 3.05) is 157 Å². The summed E-state index contributed by atoms with van der Waals surface area (Å²) in [5.74, 6) is 2.95. The predicted molar refractivity (Wildman–Crippen MR) is 411 cm³/mol. The maximum absolute atomic E-state index is 13.5. The molecule has 1 aromatic heterocycles. The van der Waals surface area contributed by atoms with Crippen LogP contribution in [-0.2, 0) is 87.5 Å². The number of aromatic amines is 1. The van der Waals surface area contributed by atoms with Gasteiger partial charge in [-0.25, -0.2) is 8.78 Å². The van der Waals surface area contributed by atoms with Crippen molar-refractivity contribution in [2.45, 2.75) is 84.8 Å². The van der Waals surface area contributed by atoms with Gasteiger partial charge in [0.2, 0.25) is 35.5 Å². The highest BCUT2D eigenvalue weighted by Crippen LogP contribution is 2.34. The van der Waals surface area contributed by atoms with Crippen LogP contribution in [0.4, 0.5) is 27.6 Å². The molecule has 11 amide bonds. The predicted octanol–water partition coefficient (Wildman–Crippen LogP) is 3.75. The summed E-state index contributed by atoms with van der Waals surface area (Å²) in [6.07, 6.45) is -5.65. The average molecular weight is 1650 g/mol. The number of aldehydes is 1. The number of rotatable bonds is 38. The van der Waals surface area contributed by atoms with Gasteiger partial charge in [0.05, 0.1) is 141 Å². The number of halogens is 5. The molecule has 2 unspecified atom stereocenters. The van der Waals surface area contributed by atoms with Crippen molar-refractivity contribution < 1.29 is 132 Å². The van der Waals surface area contributed by atoms with Crippen molar-refractivity contribution in [3.63, 3.8) is 0 Å². The number of nitrogens with one attached hydrogen (secondary N) is 5. The van der Waals surface area contributed by atoms with E-state index < -0.39 is 101 Å². The third kappa shape index (κ3) is 28.6. The van der Waals surface area contributed by atoms with Crippen LogP contribution in [0.1, 0.15) is 123 Å². The van der Waals surface area contributed by atoms with Gasteiger partial charge in [-0.2, -0.15) is 26.7 Å². The molecular formula is C78H96F5N9O23S. The van der Waals surface area contributed by atoms with Gasteiger partial charge >= 0.3 is 6.18 Å². The van der Waals surface area contributed by atoms with Gasteiger partial charge in [-0.15, -0.1) is 0 Å². The molecule has 0 aliphatic carbocycles. The van der Waals surface area contributed by atoms with Gasteiger partial charge in [-0.3, -0.25) is 78.0 Å². The molecule has 3 fully saturated rings. The molecule has 32 nitrogen and oxygen atoms in total. The van der Waals surface area contributed by atoms with Crippen LogP contribution in [0, 0.1) is 35.3 Å². The quantitative estimate of drug-likeness (QED) is 0.00739. The maximum Gasteiger partial charge on any atom is 0.446 e. The number of fused-ring (bicyclic) bond motifs is 3. The van der Waals surface area contributed by atoms with Crippen LogP contribution in [0.5, 0.6) is 0 Å². The summed E-state index contributed by atoms with van der Waals surface area (Å²) in [4.78, 5) is 153. The van der Waals surface area contributed by atoms with Gasteiger partial charge in [-0.1, -0.05) is 58.1 Å². The number of alkyl halides is 3. The molecule has 4 aromatic carbocycles. The van der Waals surface area contributed by atoms with Crippen LogP contribution < -0.4 is 31.9 Å². The number of carbonyl (C=O) groups is 12. The molecule has 116 heavy (non-hydrogen) atoms. The Hall–Kier alpha value is -10.3. The largest absolute Gasteiger partial charge is 0.446 e. The van der Waals surface area contributed by atoms with Crippen molar-refractivity contribution in [2.24, 2.45) is 5.73 Å². The number of nitrogens with two attached hydrogens (primary N) is 1. The summed E-state index contributed by atoms with van der Waals surface area (Å²) >= 11 is 0. The lowest BCUT2D eigenvalue weighted by atomic mass is 10.0. The number of amides is 11. The summed E-state index contributed by atoms with van der Waals surface area (Å²) in [6, 6.07) is 16.7. The SMILES string of the molecule is C.C.C.NCCOCCOCCOCCOCCOCC#Cc1cccc2c1C(=O)N(C1CCC(=O)NC1=O)C2=O.O=C1CCC(N2C(=O)c3cccc(C#CCOCCOCCOCCOCCOCCNC(=O)c4cc5cc(N6CC[C@](O)(C(=O)NCc7cc(F)cc(F)c7)C6=O)ccc5[nH]4)c3C2=O)C(=O)N1.O=CC(F)(F)F.S. The highest BCUT2D eigenvalue weighted by atomic mass is 32.1. The van der Waals surface area contributed by atoms with E-state index in [4.69, 9.17) is 57.9 Å². The molecule has 0 spiro atoms. The number of H-pyrrole nitrogens is 1. The van der Waals surface area contributed by atoms with E-state index in [9.17, 15) is 79.8 Å². The second-order valence-corrected chi connectivity index (χ2v) is 24.6. The number of nitrogens with zero attached hydrogens (tertiary/aromatic N) is 3. The number of aliphatic hydroxyl groups is 1. The van der Waals surface area contributed by atoms with Crippen LogP contribution in [0.2, 0.25) is 0 Å². The van der Waals surface area contributed by atoms with Crippen molar-refractivity contribution >= 4 is 101 Å². The lowest BCUT2D eigenvalue weighted by Crippen LogP contribution is -2.54. The van der Waals surface area contributed by atoms with Gasteiger partial charge in [0, 0.05) is 79.2 Å². The first kappa shape index (κ1) is 98.1. The maximum atomic E-state index is 13.5. The lowest BCUT2D eigenvalue weighted by molar-refractivity contribution is -0.156. The molecule has 0 radical (unpaired) electrons. The zero-order valence-electron chi connectivity index (χ0n) is 61.0. The lowest BCUT2D eigenvalue weighted by Gasteiger charge is -2.27. The van der Waals surface area contributed by atoms with Crippen molar-refractivity contribution in [3.05, 3.63) is 135 Å². The summed E-state index contributed by atoms with van der Waals surface area (Å²) in [5.41, 5.74) is 5.70. The number of benzene rings is 4. The molecule has 0 bridgehead atoms. The van der Waals surface area contributed by atoms with Crippen LogP contribution in [0.15, 0.2) is 78.9 Å². The molecule has 5 aromatic rings. The number of carbonyl (C=O) groups excluding carboxylic acids is 12. The number of hydrogen-bond acceptors (Lipinski definition) is 24. The Labute approximate surface area is 672 Å². The van der Waals surface area contributed by atoms with E-state index in [0.29, 0.717) is 146 Å². The fraction of sp³-hybridized carbons (Fsp3) is 0.462. The smallest absolute Gasteiger partial charge is 0.378 e. The molecule has 6 heterocycles. The zero-order valence-corrected chi connectivity index (χ0v) is 62.0. The number of piperidine rings is 2. The van der Waals surface area contributed by atoms with Gasteiger partial charge in [0.25, 0.3) is 41.4 Å². The standard InChI is InChI=1S/C47H48F2N6O13.C26H33N3O9.C2HF3O.3CH4.H2S/c48-32-23-29(24-33(49)27-32)28-51-45(61)47(63)10-12-54(46(47)62)34-6-7-36-31(25-34)26-37(52-36)41(57)50-11-14-65-16-18-67-20-22-68-21-19-66-17-15-64-13-2-4-30-3-1-5-35-40(30)44(60)55(43(35)59)38-8-9-39(56)53-42(38)58;27-8-10-35-12-14-37-16-18-38-17-15-36-13-11-34-9-2-4-19-3-1-5-20-23(19)26(33)29(25(20)32)21-6-7-22(30)28-24(21)31;3-2(4,5)1-6;;;;/h1,3,5-7,23-27,38,52,63H,8-22,28H2,(H,50,57)(H,51,61)(H,53,56,58);1,3,5,21H,6-18,27H2,(H,28,30,31);1H;3*1H4;1H2/t38?,47-;;;;;;/m0....../s1. The van der Waals surface area contributed by atoms with E-state index in [1.54, 1.807) is 48.5 Å². The van der Waals surface area contributed by atoms with E-state index >= 15 is 0 Å². The van der Waals surface area contributed by atoms with Crippen molar-refractivity contribution in [1.82, 2.24) is 36.1 Å². The highest BCUT2D eigenvalue weighted by Gasteiger charge is 2.52. The first-order valence-corrected chi connectivity index (χ1v) is 35.3. The Balaban J connectivity index is 0.000000500. The number of ether oxygens (including phenoxy) is 10. The molecule has 3 saturated heterocycles. The molecule has 10 rings (SSSR count). The van der Waals surface area contributed by atoms with Gasteiger partial charge < -0.3 is 78.7 Å². The fourth-order valence-corrected chi connectivity index (χ4v) is 11.5. The Morgan fingerprint density at radius 2 is 0.991 bits per heavy atom. The summed E-state index contributed by atoms with van der Waals surface area (Å²) in [7, 11) is 0. The van der Waals surface area contributed by atoms with E-state index in [1.807, 2.05) is 0 Å². The van der Waals surface area contributed by atoms with Crippen LogP contribution in [0.3, 0.4) is 0 Å². The monoisotopic (exact) mass is 1650 g/mol. The van der Waals surface area contributed by atoms with E-state index in [1.165, 1.54) is 17.0 Å². The number of anilines is 1. The number of imide groups is 4. The van der Waals surface area contributed by atoms with Crippen LogP contribution >= 0.6 is 13.5 Å². The second kappa shape index (κ2) is 49.6. The Morgan fingerprint density at radius 3 is 1.41 bits per heavy atom. The van der Waals surface area contributed by atoms with Gasteiger partial charge in [-0.05, 0) is 79.1 Å². The topological polar surface area (TPSA) is 417 Å². The minimum atomic E-state index is -4.64. The highest BCUT2D eigenvalue weighted by molar-refractivity contribution is 7.59. The van der Waals surface area contributed by atoms with Crippen LogP contribution in [-0.4, -0.2) is 267 Å². The molecule has 0 saturated carbocycles. The molecule has 3 atom stereocenters. The molecule has 5 aliphatic heterocycles. The van der Waals surface area contributed by atoms with Crippen LogP contribution in [0.25, 0.3) is 10.9 Å². The third-order valence-corrected chi connectivity index (χ3v) is 16.8. The zero-order chi connectivity index (χ0) is 80.6. The average Bonchev–Trinajstić information content (AvgIpc) is 1.60. The van der Waals surface area contributed by atoms with Crippen molar-refractivity contribution in [3.8, 4) is 23.7 Å². The molecule has 5 aliphatic rings. The Bertz CT molecular complexity index is 4340.